The number of carbonyl (C=O) groups excluding carboxylic acids is 2. The maximum Gasteiger partial charge on any atom is 0.328 e. The lowest BCUT2D eigenvalue weighted by molar-refractivity contribution is -0.142. The molecule has 0 spiro atoms. The molecule has 16 heavy (non-hydrogen) atoms. The topological polar surface area (TPSA) is 55.4 Å². The maximum absolute atomic E-state index is 12.8. The summed E-state index contributed by atoms with van der Waals surface area (Å²) in [7, 11) is 1.23. The van der Waals surface area contributed by atoms with Crippen LogP contribution in [-0.4, -0.2) is 25.0 Å². The van der Waals surface area contributed by atoms with Crippen LogP contribution in [0.15, 0.2) is 24.3 Å². The van der Waals surface area contributed by atoms with E-state index in [-0.39, 0.29) is 5.56 Å². The van der Waals surface area contributed by atoms with E-state index in [1.165, 1.54) is 32.2 Å². The van der Waals surface area contributed by atoms with Crippen LogP contribution in [0.5, 0.6) is 0 Å². The molecule has 5 heteroatoms. The third kappa shape index (κ3) is 3.05. The number of ether oxygens (including phenoxy) is 1. The number of carbonyl (C=O) groups is 2. The molecule has 0 aromatic heterocycles. The molecular formula is C11H12FNO3. The first-order valence-corrected chi connectivity index (χ1v) is 4.69. The molecule has 0 saturated carbocycles. The Morgan fingerprint density at radius 2 is 2.12 bits per heavy atom. The Bertz CT molecular complexity index is 406. The highest BCUT2D eigenvalue weighted by Crippen LogP contribution is 2.03. The van der Waals surface area contributed by atoms with Gasteiger partial charge in [-0.15, -0.1) is 0 Å². The fraction of sp³-hybridized carbons (Fsp3) is 0.273. The van der Waals surface area contributed by atoms with E-state index in [0.717, 1.165) is 6.07 Å². The van der Waals surface area contributed by atoms with Crippen molar-refractivity contribution in [2.45, 2.75) is 13.0 Å². The summed E-state index contributed by atoms with van der Waals surface area (Å²) in [6.45, 7) is 1.49. The van der Waals surface area contributed by atoms with Crippen LogP contribution in [-0.2, 0) is 9.53 Å². The molecule has 0 aliphatic heterocycles. The molecule has 0 bridgehead atoms. The minimum Gasteiger partial charge on any atom is -0.467 e. The van der Waals surface area contributed by atoms with E-state index < -0.39 is 23.7 Å². The number of esters is 1. The van der Waals surface area contributed by atoms with E-state index >= 15 is 0 Å². The zero-order valence-corrected chi connectivity index (χ0v) is 8.99. The van der Waals surface area contributed by atoms with E-state index in [2.05, 4.69) is 10.1 Å². The highest BCUT2D eigenvalue weighted by atomic mass is 19.1. The first-order chi connectivity index (χ1) is 7.54. The van der Waals surface area contributed by atoms with E-state index in [0.29, 0.717) is 0 Å². The van der Waals surface area contributed by atoms with Crippen LogP contribution in [0.1, 0.15) is 17.3 Å². The Balaban J connectivity index is 2.69. The quantitative estimate of drug-likeness (QED) is 0.784. The lowest BCUT2D eigenvalue weighted by Gasteiger charge is -2.11. The van der Waals surface area contributed by atoms with Crippen molar-refractivity contribution in [3.63, 3.8) is 0 Å². The first kappa shape index (κ1) is 12.2. The van der Waals surface area contributed by atoms with Gasteiger partial charge in [0.2, 0.25) is 0 Å². The lowest BCUT2D eigenvalue weighted by atomic mass is 10.2. The second-order valence-electron chi connectivity index (χ2n) is 3.23. The molecule has 1 rings (SSSR count). The van der Waals surface area contributed by atoms with Gasteiger partial charge in [0.15, 0.2) is 0 Å². The zero-order valence-electron chi connectivity index (χ0n) is 8.99. The molecule has 1 N–H and O–H groups in total. The fourth-order valence-corrected chi connectivity index (χ4v) is 1.15. The molecule has 1 amide bonds. The summed E-state index contributed by atoms with van der Waals surface area (Å²) in [5.41, 5.74) is 0.163. The van der Waals surface area contributed by atoms with Crippen LogP contribution in [0.2, 0.25) is 0 Å². The van der Waals surface area contributed by atoms with Gasteiger partial charge in [-0.1, -0.05) is 6.07 Å². The van der Waals surface area contributed by atoms with Gasteiger partial charge in [0, 0.05) is 5.56 Å². The summed E-state index contributed by atoms with van der Waals surface area (Å²) in [5, 5.41) is 2.39. The summed E-state index contributed by atoms with van der Waals surface area (Å²) in [6, 6.07) is 4.45. The Morgan fingerprint density at radius 1 is 1.44 bits per heavy atom. The van der Waals surface area contributed by atoms with Crippen molar-refractivity contribution in [2.24, 2.45) is 0 Å². The Kier molecular flexibility index (Phi) is 3.99. The molecule has 0 aliphatic carbocycles. The Morgan fingerprint density at radius 3 is 2.69 bits per heavy atom. The summed E-state index contributed by atoms with van der Waals surface area (Å²) < 4.78 is 17.3. The molecule has 86 valence electrons. The second kappa shape index (κ2) is 5.25. The first-order valence-electron chi connectivity index (χ1n) is 4.69. The average molecular weight is 225 g/mol. The molecule has 0 unspecified atom stereocenters. The molecule has 0 radical (unpaired) electrons. The molecule has 0 aliphatic rings. The monoisotopic (exact) mass is 225 g/mol. The predicted molar refractivity (Wildman–Crippen MR) is 55.3 cm³/mol. The van der Waals surface area contributed by atoms with Crippen molar-refractivity contribution in [1.82, 2.24) is 5.32 Å². The number of halogens is 1. The Hall–Kier alpha value is -1.91. The summed E-state index contributed by atoms with van der Waals surface area (Å²) in [6.07, 6.45) is 0. The van der Waals surface area contributed by atoms with E-state index in [9.17, 15) is 14.0 Å². The summed E-state index contributed by atoms with van der Waals surface area (Å²) >= 11 is 0. The van der Waals surface area contributed by atoms with Crippen LogP contribution in [0.25, 0.3) is 0 Å². The molecule has 1 aromatic rings. The van der Waals surface area contributed by atoms with Crippen molar-refractivity contribution in [1.29, 1.82) is 0 Å². The van der Waals surface area contributed by atoms with Crippen molar-refractivity contribution in [3.05, 3.63) is 35.6 Å². The van der Waals surface area contributed by atoms with Gasteiger partial charge in [-0.3, -0.25) is 4.79 Å². The van der Waals surface area contributed by atoms with Crippen molar-refractivity contribution < 1.29 is 18.7 Å². The van der Waals surface area contributed by atoms with E-state index in [1.54, 1.807) is 0 Å². The average Bonchev–Trinajstić information content (AvgIpc) is 2.27. The minimum atomic E-state index is -0.763. The van der Waals surface area contributed by atoms with Crippen LogP contribution in [0, 0.1) is 5.82 Å². The molecule has 0 saturated heterocycles. The van der Waals surface area contributed by atoms with Gasteiger partial charge in [-0.05, 0) is 25.1 Å². The molecule has 4 nitrogen and oxygen atoms in total. The number of hydrogen-bond donors (Lipinski definition) is 1. The van der Waals surface area contributed by atoms with Gasteiger partial charge in [0.05, 0.1) is 7.11 Å². The van der Waals surface area contributed by atoms with Gasteiger partial charge in [-0.2, -0.15) is 0 Å². The third-order valence-corrected chi connectivity index (χ3v) is 1.99. The van der Waals surface area contributed by atoms with Crippen LogP contribution < -0.4 is 5.32 Å². The summed E-state index contributed by atoms with van der Waals surface area (Å²) in [4.78, 5) is 22.6. The van der Waals surface area contributed by atoms with Crippen LogP contribution in [0.3, 0.4) is 0 Å². The van der Waals surface area contributed by atoms with Crippen molar-refractivity contribution >= 4 is 11.9 Å². The van der Waals surface area contributed by atoms with Crippen molar-refractivity contribution in [2.75, 3.05) is 7.11 Å². The molecule has 0 heterocycles. The fourth-order valence-electron chi connectivity index (χ4n) is 1.15. The van der Waals surface area contributed by atoms with Crippen molar-refractivity contribution in [3.8, 4) is 0 Å². The third-order valence-electron chi connectivity index (χ3n) is 1.99. The summed E-state index contributed by atoms with van der Waals surface area (Å²) in [5.74, 6) is -1.57. The standard InChI is InChI=1S/C11H12FNO3/c1-7(11(15)16-2)13-10(14)8-4-3-5-9(12)6-8/h3-7H,1-2H3,(H,13,14)/t7-/m0/s1. The normalized spacial score (nSPS) is 11.7. The molecule has 0 fully saturated rings. The largest absolute Gasteiger partial charge is 0.467 e. The second-order valence-corrected chi connectivity index (χ2v) is 3.23. The predicted octanol–water partition coefficient (Wildman–Crippen LogP) is 1.12. The highest BCUT2D eigenvalue weighted by molar-refractivity contribution is 5.96. The number of benzene rings is 1. The smallest absolute Gasteiger partial charge is 0.328 e. The zero-order chi connectivity index (χ0) is 12.1. The van der Waals surface area contributed by atoms with E-state index in [4.69, 9.17) is 0 Å². The van der Waals surface area contributed by atoms with Crippen LogP contribution in [0.4, 0.5) is 4.39 Å². The lowest BCUT2D eigenvalue weighted by Crippen LogP contribution is -2.39. The number of amides is 1. The van der Waals surface area contributed by atoms with Gasteiger partial charge >= 0.3 is 5.97 Å². The molecule has 1 aromatic carbocycles. The van der Waals surface area contributed by atoms with Gasteiger partial charge in [0.1, 0.15) is 11.9 Å². The molecular weight excluding hydrogens is 213 g/mol. The van der Waals surface area contributed by atoms with Gasteiger partial charge in [-0.25, -0.2) is 9.18 Å². The number of rotatable bonds is 3. The Labute approximate surface area is 92.4 Å². The molecule has 1 atom stereocenters. The number of methoxy groups -OCH3 is 1. The maximum atomic E-state index is 12.8. The highest BCUT2D eigenvalue weighted by Gasteiger charge is 2.16. The van der Waals surface area contributed by atoms with Gasteiger partial charge < -0.3 is 10.1 Å². The van der Waals surface area contributed by atoms with Crippen LogP contribution >= 0.6 is 0 Å². The van der Waals surface area contributed by atoms with Gasteiger partial charge in [0.25, 0.3) is 5.91 Å². The number of nitrogens with one attached hydrogen (secondary N) is 1. The minimum absolute atomic E-state index is 0.163. The SMILES string of the molecule is COC(=O)[C@H](C)NC(=O)c1cccc(F)c1. The number of hydrogen-bond acceptors (Lipinski definition) is 3. The van der Waals surface area contributed by atoms with E-state index in [1.807, 2.05) is 0 Å².